The van der Waals surface area contributed by atoms with Gasteiger partial charge in [-0.2, -0.15) is 0 Å². The molecule has 3 aromatic rings. The fourth-order valence-corrected chi connectivity index (χ4v) is 2.74. The zero-order chi connectivity index (χ0) is 19.2. The van der Waals surface area contributed by atoms with Crippen LogP contribution < -0.4 is 10.6 Å². The van der Waals surface area contributed by atoms with Crippen LogP contribution >= 0.6 is 0 Å². The second-order valence-electron chi connectivity index (χ2n) is 6.14. The average Bonchev–Trinajstić information content (AvgIpc) is 3.03. The summed E-state index contributed by atoms with van der Waals surface area (Å²) in [4.78, 5) is 28.5. The van der Waals surface area contributed by atoms with Crippen LogP contribution in [0, 0.1) is 5.82 Å². The Labute approximate surface area is 156 Å². The third kappa shape index (κ3) is 4.69. The molecule has 0 spiro atoms. The van der Waals surface area contributed by atoms with Crippen LogP contribution in [0.4, 0.5) is 4.39 Å². The Hall–Kier alpha value is -3.22. The Kier molecular flexibility index (Phi) is 5.80. The van der Waals surface area contributed by atoms with Crippen LogP contribution in [0.25, 0.3) is 11.0 Å². The molecule has 0 saturated carbocycles. The fourth-order valence-electron chi connectivity index (χ4n) is 2.74. The monoisotopic (exact) mass is 368 g/mol. The van der Waals surface area contributed by atoms with Gasteiger partial charge in [-0.3, -0.25) is 9.59 Å². The molecule has 140 valence electrons. The summed E-state index contributed by atoms with van der Waals surface area (Å²) in [7, 11) is 0. The lowest BCUT2D eigenvalue weighted by atomic mass is 10.2. The van der Waals surface area contributed by atoms with E-state index in [9.17, 15) is 14.0 Å². The summed E-state index contributed by atoms with van der Waals surface area (Å²) < 4.78 is 14.8. The number of imidazole rings is 1. The number of rotatable bonds is 7. The number of hydrogen-bond donors (Lipinski definition) is 2. The SMILES string of the molecule is CCC(=O)NCc1nc2ccccc2n1CC(=O)NCc1ccc(F)cc1. The van der Waals surface area contributed by atoms with E-state index in [4.69, 9.17) is 0 Å². The predicted octanol–water partition coefficient (Wildman–Crippen LogP) is 2.52. The normalized spacial score (nSPS) is 10.7. The summed E-state index contributed by atoms with van der Waals surface area (Å²) in [6.45, 7) is 2.43. The summed E-state index contributed by atoms with van der Waals surface area (Å²) in [5, 5.41) is 5.62. The van der Waals surface area contributed by atoms with Crippen LogP contribution in [0.5, 0.6) is 0 Å². The van der Waals surface area contributed by atoms with Gasteiger partial charge < -0.3 is 15.2 Å². The molecule has 2 aromatic carbocycles. The number of para-hydroxylation sites is 2. The molecule has 3 rings (SSSR count). The van der Waals surface area contributed by atoms with Gasteiger partial charge in [-0.1, -0.05) is 31.2 Å². The minimum absolute atomic E-state index is 0.0747. The van der Waals surface area contributed by atoms with E-state index in [2.05, 4.69) is 15.6 Å². The number of aromatic nitrogens is 2. The van der Waals surface area contributed by atoms with Gasteiger partial charge in [0.1, 0.15) is 18.2 Å². The molecule has 7 heteroatoms. The summed E-state index contributed by atoms with van der Waals surface area (Å²) in [5.74, 6) is 0.0450. The van der Waals surface area contributed by atoms with E-state index >= 15 is 0 Å². The Morgan fingerprint density at radius 1 is 1.00 bits per heavy atom. The van der Waals surface area contributed by atoms with Gasteiger partial charge in [-0.15, -0.1) is 0 Å². The standard InChI is InChI=1S/C20H21FN4O2/c1-2-19(26)23-12-18-24-16-5-3-4-6-17(16)25(18)13-20(27)22-11-14-7-9-15(21)10-8-14/h3-10H,2,11-13H2,1H3,(H,22,27)(H,23,26). The van der Waals surface area contributed by atoms with Crippen molar-refractivity contribution in [2.24, 2.45) is 0 Å². The van der Waals surface area contributed by atoms with Gasteiger partial charge in [0, 0.05) is 13.0 Å². The second-order valence-corrected chi connectivity index (χ2v) is 6.14. The zero-order valence-electron chi connectivity index (χ0n) is 15.0. The Morgan fingerprint density at radius 3 is 2.44 bits per heavy atom. The zero-order valence-corrected chi connectivity index (χ0v) is 15.0. The highest BCUT2D eigenvalue weighted by molar-refractivity contribution is 5.81. The molecule has 0 aliphatic carbocycles. The molecular weight excluding hydrogens is 347 g/mol. The van der Waals surface area contributed by atoms with E-state index in [1.165, 1.54) is 12.1 Å². The summed E-state index contributed by atoms with van der Waals surface area (Å²) in [5.41, 5.74) is 2.41. The number of hydrogen-bond acceptors (Lipinski definition) is 3. The van der Waals surface area contributed by atoms with Crippen molar-refractivity contribution in [2.45, 2.75) is 33.0 Å². The van der Waals surface area contributed by atoms with Gasteiger partial charge in [0.2, 0.25) is 11.8 Å². The number of halogens is 1. The summed E-state index contributed by atoms with van der Waals surface area (Å²) in [6, 6.07) is 13.5. The van der Waals surface area contributed by atoms with Crippen LogP contribution in [-0.2, 0) is 29.2 Å². The van der Waals surface area contributed by atoms with Gasteiger partial charge in [0.25, 0.3) is 0 Å². The number of benzene rings is 2. The molecule has 0 fully saturated rings. The number of carbonyl (C=O) groups excluding carboxylic acids is 2. The van der Waals surface area contributed by atoms with Gasteiger partial charge in [-0.05, 0) is 29.8 Å². The Balaban J connectivity index is 1.72. The van der Waals surface area contributed by atoms with E-state index in [0.717, 1.165) is 16.6 Å². The topological polar surface area (TPSA) is 76.0 Å². The van der Waals surface area contributed by atoms with Gasteiger partial charge in [0.05, 0.1) is 17.6 Å². The van der Waals surface area contributed by atoms with Crippen molar-refractivity contribution < 1.29 is 14.0 Å². The molecule has 0 bridgehead atoms. The van der Waals surface area contributed by atoms with Crippen LogP contribution in [0.15, 0.2) is 48.5 Å². The molecular formula is C20H21FN4O2. The first-order valence-electron chi connectivity index (χ1n) is 8.79. The van der Waals surface area contributed by atoms with Crippen molar-refractivity contribution in [1.82, 2.24) is 20.2 Å². The molecule has 6 nitrogen and oxygen atoms in total. The van der Waals surface area contributed by atoms with E-state index < -0.39 is 0 Å². The third-order valence-electron chi connectivity index (χ3n) is 4.20. The predicted molar refractivity (Wildman–Crippen MR) is 100 cm³/mol. The summed E-state index contributed by atoms with van der Waals surface area (Å²) >= 11 is 0. The Bertz CT molecular complexity index is 950. The molecule has 0 saturated heterocycles. The number of nitrogens with one attached hydrogen (secondary N) is 2. The van der Waals surface area contributed by atoms with E-state index in [-0.39, 0.29) is 30.7 Å². The first-order chi connectivity index (χ1) is 13.1. The largest absolute Gasteiger partial charge is 0.350 e. The highest BCUT2D eigenvalue weighted by atomic mass is 19.1. The maximum atomic E-state index is 13.0. The molecule has 0 unspecified atom stereocenters. The number of amides is 2. The first kappa shape index (κ1) is 18.6. The number of fused-ring (bicyclic) bond motifs is 1. The van der Waals surface area contributed by atoms with Crippen molar-refractivity contribution in [3.63, 3.8) is 0 Å². The van der Waals surface area contributed by atoms with Crippen molar-refractivity contribution in [1.29, 1.82) is 0 Å². The van der Waals surface area contributed by atoms with Crippen molar-refractivity contribution in [3.8, 4) is 0 Å². The fraction of sp³-hybridized carbons (Fsp3) is 0.250. The number of carbonyl (C=O) groups is 2. The minimum atomic E-state index is -0.311. The van der Waals surface area contributed by atoms with Crippen LogP contribution in [-0.4, -0.2) is 21.4 Å². The van der Waals surface area contributed by atoms with E-state index in [0.29, 0.717) is 18.8 Å². The average molecular weight is 368 g/mol. The second kappa shape index (κ2) is 8.44. The lowest BCUT2D eigenvalue weighted by Crippen LogP contribution is -2.29. The molecule has 1 heterocycles. The van der Waals surface area contributed by atoms with Crippen LogP contribution in [0.2, 0.25) is 0 Å². The van der Waals surface area contributed by atoms with Gasteiger partial charge in [-0.25, -0.2) is 9.37 Å². The molecule has 2 amide bonds. The number of nitrogens with zero attached hydrogens (tertiary/aromatic N) is 2. The molecule has 1 aromatic heterocycles. The van der Waals surface area contributed by atoms with Crippen molar-refractivity contribution >= 4 is 22.8 Å². The third-order valence-corrected chi connectivity index (χ3v) is 4.20. The van der Waals surface area contributed by atoms with Crippen LogP contribution in [0.1, 0.15) is 24.7 Å². The van der Waals surface area contributed by atoms with Crippen molar-refractivity contribution in [3.05, 3.63) is 65.7 Å². The first-order valence-corrected chi connectivity index (χ1v) is 8.79. The molecule has 0 aliphatic rings. The molecule has 2 N–H and O–H groups in total. The lowest BCUT2D eigenvalue weighted by molar-refractivity contribution is -0.122. The highest BCUT2D eigenvalue weighted by Gasteiger charge is 2.14. The smallest absolute Gasteiger partial charge is 0.240 e. The van der Waals surface area contributed by atoms with E-state index in [1.54, 1.807) is 23.6 Å². The van der Waals surface area contributed by atoms with Gasteiger partial charge >= 0.3 is 0 Å². The molecule has 0 aliphatic heterocycles. The molecule has 27 heavy (non-hydrogen) atoms. The molecule has 0 atom stereocenters. The van der Waals surface area contributed by atoms with Crippen LogP contribution in [0.3, 0.4) is 0 Å². The van der Waals surface area contributed by atoms with Gasteiger partial charge in [0.15, 0.2) is 0 Å². The Morgan fingerprint density at radius 2 is 1.70 bits per heavy atom. The minimum Gasteiger partial charge on any atom is -0.350 e. The summed E-state index contributed by atoms with van der Waals surface area (Å²) in [6.07, 6.45) is 0.387. The highest BCUT2D eigenvalue weighted by Crippen LogP contribution is 2.16. The van der Waals surface area contributed by atoms with E-state index in [1.807, 2.05) is 24.3 Å². The molecule has 0 radical (unpaired) electrons. The lowest BCUT2D eigenvalue weighted by Gasteiger charge is -2.11. The maximum Gasteiger partial charge on any atom is 0.240 e. The maximum absolute atomic E-state index is 13.0. The quantitative estimate of drug-likeness (QED) is 0.673. The van der Waals surface area contributed by atoms with Crippen molar-refractivity contribution in [2.75, 3.05) is 0 Å².